The van der Waals surface area contributed by atoms with Gasteiger partial charge in [-0.3, -0.25) is 4.79 Å². The number of nitriles is 1. The molecular weight excluding hydrogens is 396 g/mol. The first-order valence-corrected chi connectivity index (χ1v) is 9.48. The molecule has 0 atom stereocenters. The zero-order valence-corrected chi connectivity index (χ0v) is 16.9. The largest absolute Gasteiger partial charge is 0.452 e. The Hall–Kier alpha value is -4.38. The lowest BCUT2D eigenvalue weighted by atomic mass is 10.2. The maximum absolute atomic E-state index is 12.3. The molecule has 4 rings (SSSR count). The SMILES string of the molecule is Cc1cc(C)n(-c2ccc(C(=O)OCC(=O)Nc3c(C#N)oc4ccccc34)cc2)n1. The summed E-state index contributed by atoms with van der Waals surface area (Å²) in [6.45, 7) is 3.36. The molecule has 2 aromatic heterocycles. The molecule has 0 bridgehead atoms. The monoisotopic (exact) mass is 414 g/mol. The van der Waals surface area contributed by atoms with Crippen molar-refractivity contribution in [3.05, 3.63) is 77.3 Å². The van der Waals surface area contributed by atoms with Crippen LogP contribution in [0.5, 0.6) is 0 Å². The second kappa shape index (κ2) is 8.16. The van der Waals surface area contributed by atoms with E-state index in [4.69, 9.17) is 9.15 Å². The second-order valence-electron chi connectivity index (χ2n) is 6.92. The summed E-state index contributed by atoms with van der Waals surface area (Å²) in [7, 11) is 0. The van der Waals surface area contributed by atoms with Crippen molar-refractivity contribution in [1.29, 1.82) is 5.26 Å². The predicted octanol–water partition coefficient (Wildman–Crippen LogP) is 3.90. The minimum atomic E-state index is -0.632. The number of nitrogens with one attached hydrogen (secondary N) is 1. The zero-order chi connectivity index (χ0) is 22.0. The Labute approximate surface area is 177 Å². The Balaban J connectivity index is 1.41. The summed E-state index contributed by atoms with van der Waals surface area (Å²) >= 11 is 0. The number of nitrogens with zero attached hydrogens (tertiary/aromatic N) is 3. The average molecular weight is 414 g/mol. The number of carbonyl (C=O) groups excluding carboxylic acids is 2. The van der Waals surface area contributed by atoms with Crippen LogP contribution in [0.25, 0.3) is 16.7 Å². The Morgan fingerprint density at radius 3 is 2.58 bits per heavy atom. The highest BCUT2D eigenvalue weighted by molar-refractivity contribution is 6.03. The fourth-order valence-corrected chi connectivity index (χ4v) is 3.27. The lowest BCUT2D eigenvalue weighted by Gasteiger charge is -2.08. The smallest absolute Gasteiger partial charge is 0.338 e. The lowest BCUT2D eigenvalue weighted by Crippen LogP contribution is -2.21. The van der Waals surface area contributed by atoms with Crippen molar-refractivity contribution in [2.24, 2.45) is 0 Å². The van der Waals surface area contributed by atoms with E-state index in [9.17, 15) is 14.9 Å². The maximum atomic E-state index is 12.3. The topological polar surface area (TPSA) is 110 Å². The van der Waals surface area contributed by atoms with Gasteiger partial charge in [-0.05, 0) is 56.3 Å². The van der Waals surface area contributed by atoms with Gasteiger partial charge < -0.3 is 14.5 Å². The minimum Gasteiger partial charge on any atom is -0.452 e. The molecule has 1 N–H and O–H groups in total. The van der Waals surface area contributed by atoms with Crippen LogP contribution in [0, 0.1) is 25.2 Å². The maximum Gasteiger partial charge on any atom is 0.338 e. The van der Waals surface area contributed by atoms with Crippen LogP contribution in [0.1, 0.15) is 27.5 Å². The number of hydrogen-bond acceptors (Lipinski definition) is 6. The summed E-state index contributed by atoms with van der Waals surface area (Å²) in [6.07, 6.45) is 0. The van der Waals surface area contributed by atoms with Crippen LogP contribution in [0.15, 0.2) is 59.0 Å². The molecule has 154 valence electrons. The van der Waals surface area contributed by atoms with Gasteiger partial charge in [-0.1, -0.05) is 12.1 Å². The molecule has 0 spiro atoms. The number of amides is 1. The summed E-state index contributed by atoms with van der Waals surface area (Å²) in [6, 6.07) is 17.6. The number of benzene rings is 2. The number of fused-ring (bicyclic) bond motifs is 1. The summed E-state index contributed by atoms with van der Waals surface area (Å²) in [5.74, 6) is -1.22. The quantitative estimate of drug-likeness (QED) is 0.496. The number of aromatic nitrogens is 2. The number of anilines is 1. The number of rotatable bonds is 5. The number of para-hydroxylation sites is 1. The molecule has 0 aliphatic carbocycles. The van der Waals surface area contributed by atoms with Crippen molar-refractivity contribution in [3.8, 4) is 11.8 Å². The first kappa shape index (κ1) is 19.9. The van der Waals surface area contributed by atoms with E-state index in [1.807, 2.05) is 26.0 Å². The van der Waals surface area contributed by atoms with Crippen molar-refractivity contribution in [2.75, 3.05) is 11.9 Å². The van der Waals surface area contributed by atoms with Gasteiger partial charge in [-0.25, -0.2) is 9.48 Å². The summed E-state index contributed by atoms with van der Waals surface area (Å²) in [5.41, 5.74) is 3.74. The third-order valence-corrected chi connectivity index (χ3v) is 4.65. The molecule has 0 aliphatic rings. The Kier molecular flexibility index (Phi) is 5.24. The lowest BCUT2D eigenvalue weighted by molar-refractivity contribution is -0.119. The van der Waals surface area contributed by atoms with Crippen molar-refractivity contribution in [1.82, 2.24) is 9.78 Å². The van der Waals surface area contributed by atoms with Crippen molar-refractivity contribution in [3.63, 3.8) is 0 Å². The Morgan fingerprint density at radius 2 is 1.90 bits per heavy atom. The van der Waals surface area contributed by atoms with Crippen LogP contribution in [0.2, 0.25) is 0 Å². The van der Waals surface area contributed by atoms with Gasteiger partial charge in [0, 0.05) is 11.1 Å². The van der Waals surface area contributed by atoms with Crippen molar-refractivity contribution in [2.45, 2.75) is 13.8 Å². The number of ether oxygens (including phenoxy) is 1. The molecule has 0 radical (unpaired) electrons. The Bertz CT molecular complexity index is 1330. The molecule has 0 aliphatic heterocycles. The molecule has 8 nitrogen and oxygen atoms in total. The van der Waals surface area contributed by atoms with Crippen LogP contribution in [0.3, 0.4) is 0 Å². The van der Waals surface area contributed by atoms with Crippen LogP contribution in [0.4, 0.5) is 5.69 Å². The molecule has 0 unspecified atom stereocenters. The van der Waals surface area contributed by atoms with E-state index in [1.54, 1.807) is 53.2 Å². The number of hydrogen-bond donors (Lipinski definition) is 1. The fourth-order valence-electron chi connectivity index (χ4n) is 3.27. The van der Waals surface area contributed by atoms with Gasteiger partial charge in [0.25, 0.3) is 5.91 Å². The number of aryl methyl sites for hydroxylation is 2. The predicted molar refractivity (Wildman–Crippen MR) is 113 cm³/mol. The van der Waals surface area contributed by atoms with Gasteiger partial charge in [-0.2, -0.15) is 10.4 Å². The Morgan fingerprint density at radius 1 is 1.16 bits per heavy atom. The first-order valence-electron chi connectivity index (χ1n) is 9.48. The van der Waals surface area contributed by atoms with E-state index in [-0.39, 0.29) is 11.4 Å². The molecule has 2 heterocycles. The molecular formula is C23H18N4O4. The van der Waals surface area contributed by atoms with Crippen molar-refractivity contribution >= 4 is 28.5 Å². The molecule has 0 saturated heterocycles. The number of esters is 1. The van der Waals surface area contributed by atoms with E-state index >= 15 is 0 Å². The van der Waals surface area contributed by atoms with Crippen LogP contribution >= 0.6 is 0 Å². The average Bonchev–Trinajstić information content (AvgIpc) is 3.31. The first-order chi connectivity index (χ1) is 15.0. The van der Waals surface area contributed by atoms with Gasteiger partial charge in [0.15, 0.2) is 6.61 Å². The summed E-state index contributed by atoms with van der Waals surface area (Å²) in [5, 5.41) is 16.8. The van der Waals surface area contributed by atoms with Gasteiger partial charge in [0.2, 0.25) is 5.76 Å². The van der Waals surface area contributed by atoms with E-state index in [2.05, 4.69) is 10.4 Å². The molecule has 2 aromatic carbocycles. The summed E-state index contributed by atoms with van der Waals surface area (Å²) in [4.78, 5) is 24.6. The highest BCUT2D eigenvalue weighted by atomic mass is 16.5. The van der Waals surface area contributed by atoms with Gasteiger partial charge in [0.05, 0.1) is 16.9 Å². The molecule has 4 aromatic rings. The second-order valence-corrected chi connectivity index (χ2v) is 6.92. The van der Waals surface area contributed by atoms with E-state index in [0.717, 1.165) is 17.1 Å². The van der Waals surface area contributed by atoms with E-state index < -0.39 is 18.5 Å². The molecule has 31 heavy (non-hydrogen) atoms. The minimum absolute atomic E-state index is 0.0133. The number of carbonyl (C=O) groups is 2. The summed E-state index contributed by atoms with van der Waals surface area (Å²) < 4.78 is 12.3. The molecule has 0 saturated carbocycles. The highest BCUT2D eigenvalue weighted by Crippen LogP contribution is 2.30. The fraction of sp³-hybridized carbons (Fsp3) is 0.130. The number of furan rings is 1. The van der Waals surface area contributed by atoms with Gasteiger partial charge >= 0.3 is 5.97 Å². The van der Waals surface area contributed by atoms with Crippen LogP contribution < -0.4 is 5.32 Å². The van der Waals surface area contributed by atoms with E-state index in [1.165, 1.54) is 0 Å². The van der Waals surface area contributed by atoms with Gasteiger partial charge in [-0.15, -0.1) is 0 Å². The standard InChI is InChI=1S/C23H18N4O4/c1-14-11-15(2)27(26-14)17-9-7-16(8-10-17)23(29)30-13-21(28)25-22-18-5-3-4-6-19(18)31-20(22)12-24/h3-11H,13H2,1-2H3,(H,25,28). The van der Waals surface area contributed by atoms with Crippen LogP contribution in [-0.4, -0.2) is 28.3 Å². The van der Waals surface area contributed by atoms with E-state index in [0.29, 0.717) is 16.5 Å². The normalized spacial score (nSPS) is 10.6. The molecule has 0 fully saturated rings. The van der Waals surface area contributed by atoms with Crippen LogP contribution in [-0.2, 0) is 9.53 Å². The molecule has 8 heteroatoms. The van der Waals surface area contributed by atoms with Gasteiger partial charge in [0.1, 0.15) is 17.3 Å². The molecule has 1 amide bonds. The highest BCUT2D eigenvalue weighted by Gasteiger charge is 2.17. The van der Waals surface area contributed by atoms with Crippen molar-refractivity contribution < 1.29 is 18.7 Å². The third-order valence-electron chi connectivity index (χ3n) is 4.65. The zero-order valence-electron chi connectivity index (χ0n) is 16.9. The third kappa shape index (κ3) is 4.02.